The van der Waals surface area contributed by atoms with E-state index in [2.05, 4.69) is 24.4 Å². The van der Waals surface area contributed by atoms with Crippen LogP contribution in [0.5, 0.6) is 0 Å². The van der Waals surface area contributed by atoms with Gasteiger partial charge in [-0.2, -0.15) is 0 Å². The van der Waals surface area contributed by atoms with E-state index in [4.69, 9.17) is 5.11 Å². The lowest BCUT2D eigenvalue weighted by molar-refractivity contribution is 0.0692. The van der Waals surface area contributed by atoms with Gasteiger partial charge in [0.15, 0.2) is 0 Å². The highest BCUT2D eigenvalue weighted by Crippen LogP contribution is 2.14. The first kappa shape index (κ1) is 15.2. The van der Waals surface area contributed by atoms with Crippen molar-refractivity contribution < 1.29 is 14.3 Å². The van der Waals surface area contributed by atoms with Crippen molar-refractivity contribution in [3.8, 4) is 0 Å². The van der Waals surface area contributed by atoms with Gasteiger partial charge in [0.25, 0.3) is 0 Å². The molecule has 0 bridgehead atoms. The van der Waals surface area contributed by atoms with Gasteiger partial charge in [-0.3, -0.25) is 0 Å². The molecule has 0 heterocycles. The SMILES string of the molecule is CC(CNCc1ccc(C(=O)O)c(F)c1)c1ccccc1. The molecule has 2 rings (SSSR count). The van der Waals surface area contributed by atoms with Crippen molar-refractivity contribution in [2.45, 2.75) is 19.4 Å². The van der Waals surface area contributed by atoms with Crippen molar-refractivity contribution in [1.82, 2.24) is 5.32 Å². The number of aromatic carboxylic acids is 1. The van der Waals surface area contributed by atoms with Crippen molar-refractivity contribution in [2.75, 3.05) is 6.54 Å². The highest BCUT2D eigenvalue weighted by Gasteiger charge is 2.10. The second kappa shape index (κ2) is 6.99. The van der Waals surface area contributed by atoms with Crippen LogP contribution in [0.3, 0.4) is 0 Å². The van der Waals surface area contributed by atoms with Crippen LogP contribution in [0, 0.1) is 5.82 Å². The molecular formula is C17H18FNO2. The molecule has 0 saturated heterocycles. The van der Waals surface area contributed by atoms with Gasteiger partial charge in [-0.15, -0.1) is 0 Å². The van der Waals surface area contributed by atoms with Crippen molar-refractivity contribution in [2.24, 2.45) is 0 Å². The Kier molecular flexibility index (Phi) is 5.06. The molecule has 110 valence electrons. The molecule has 0 radical (unpaired) electrons. The largest absolute Gasteiger partial charge is 0.478 e. The van der Waals surface area contributed by atoms with E-state index in [1.165, 1.54) is 17.7 Å². The Balaban J connectivity index is 1.89. The Morgan fingerprint density at radius 1 is 1.24 bits per heavy atom. The summed E-state index contributed by atoms with van der Waals surface area (Å²) in [7, 11) is 0. The maximum Gasteiger partial charge on any atom is 0.338 e. The van der Waals surface area contributed by atoms with Gasteiger partial charge in [0.05, 0.1) is 5.56 Å². The summed E-state index contributed by atoms with van der Waals surface area (Å²) in [5, 5.41) is 12.0. The van der Waals surface area contributed by atoms with Crippen LogP contribution in [-0.2, 0) is 6.54 Å². The van der Waals surface area contributed by atoms with Crippen LogP contribution in [0.2, 0.25) is 0 Å². The van der Waals surface area contributed by atoms with Crippen molar-refractivity contribution in [3.05, 3.63) is 71.0 Å². The third-order valence-electron chi connectivity index (χ3n) is 3.41. The number of carboxylic acids is 1. The number of nitrogens with one attached hydrogen (secondary N) is 1. The standard InChI is InChI=1S/C17H18FNO2/c1-12(14-5-3-2-4-6-14)10-19-11-13-7-8-15(17(20)21)16(18)9-13/h2-9,12,19H,10-11H2,1H3,(H,20,21). The predicted molar refractivity (Wildman–Crippen MR) is 79.9 cm³/mol. The zero-order chi connectivity index (χ0) is 15.2. The van der Waals surface area contributed by atoms with Crippen LogP contribution >= 0.6 is 0 Å². The Hall–Kier alpha value is -2.20. The van der Waals surface area contributed by atoms with Gasteiger partial charge in [0.1, 0.15) is 5.82 Å². The number of carbonyl (C=O) groups is 1. The second-order valence-corrected chi connectivity index (χ2v) is 5.06. The highest BCUT2D eigenvalue weighted by atomic mass is 19.1. The molecule has 0 aromatic heterocycles. The zero-order valence-electron chi connectivity index (χ0n) is 11.8. The molecule has 2 N–H and O–H groups in total. The minimum absolute atomic E-state index is 0.295. The van der Waals surface area contributed by atoms with E-state index in [0.717, 1.165) is 12.1 Å². The molecule has 1 atom stereocenters. The molecule has 2 aromatic carbocycles. The maximum absolute atomic E-state index is 13.5. The molecule has 3 nitrogen and oxygen atoms in total. The highest BCUT2D eigenvalue weighted by molar-refractivity contribution is 5.87. The number of halogens is 1. The summed E-state index contributed by atoms with van der Waals surface area (Å²) < 4.78 is 13.5. The minimum atomic E-state index is -1.25. The predicted octanol–water partition coefficient (Wildman–Crippen LogP) is 3.42. The first-order valence-electron chi connectivity index (χ1n) is 6.85. The topological polar surface area (TPSA) is 49.3 Å². The van der Waals surface area contributed by atoms with E-state index in [1.807, 2.05) is 18.2 Å². The summed E-state index contributed by atoms with van der Waals surface area (Å²) in [6.45, 7) is 3.40. The van der Waals surface area contributed by atoms with E-state index < -0.39 is 11.8 Å². The van der Waals surface area contributed by atoms with Crippen LogP contribution in [0.4, 0.5) is 4.39 Å². The fraction of sp³-hybridized carbons (Fsp3) is 0.235. The van der Waals surface area contributed by atoms with E-state index in [9.17, 15) is 9.18 Å². The van der Waals surface area contributed by atoms with E-state index in [-0.39, 0.29) is 5.56 Å². The smallest absolute Gasteiger partial charge is 0.338 e. The van der Waals surface area contributed by atoms with E-state index in [1.54, 1.807) is 6.07 Å². The van der Waals surface area contributed by atoms with Crippen LogP contribution in [0.25, 0.3) is 0 Å². The lowest BCUT2D eigenvalue weighted by Gasteiger charge is -2.13. The zero-order valence-corrected chi connectivity index (χ0v) is 11.8. The Morgan fingerprint density at radius 3 is 2.57 bits per heavy atom. The number of hydrogen-bond donors (Lipinski definition) is 2. The molecule has 0 aliphatic heterocycles. The molecule has 2 aromatic rings. The molecule has 0 amide bonds. The molecule has 0 spiro atoms. The van der Waals surface area contributed by atoms with Crippen LogP contribution in [0.1, 0.15) is 34.3 Å². The summed E-state index contributed by atoms with van der Waals surface area (Å²) in [5.74, 6) is -1.59. The van der Waals surface area contributed by atoms with Crippen molar-refractivity contribution >= 4 is 5.97 Å². The van der Waals surface area contributed by atoms with Gasteiger partial charge in [0.2, 0.25) is 0 Å². The van der Waals surface area contributed by atoms with Gasteiger partial charge in [-0.25, -0.2) is 9.18 Å². The monoisotopic (exact) mass is 287 g/mol. The number of rotatable bonds is 6. The summed E-state index contributed by atoms with van der Waals surface area (Å²) in [5.41, 5.74) is 1.69. The first-order valence-corrected chi connectivity index (χ1v) is 6.85. The van der Waals surface area contributed by atoms with Crippen LogP contribution in [-0.4, -0.2) is 17.6 Å². The Morgan fingerprint density at radius 2 is 1.95 bits per heavy atom. The average molecular weight is 287 g/mol. The third-order valence-corrected chi connectivity index (χ3v) is 3.41. The molecular weight excluding hydrogens is 269 g/mol. The minimum Gasteiger partial charge on any atom is -0.478 e. The number of benzene rings is 2. The Bertz CT molecular complexity index is 613. The van der Waals surface area contributed by atoms with Crippen molar-refractivity contribution in [1.29, 1.82) is 0 Å². The van der Waals surface area contributed by atoms with Gasteiger partial charge < -0.3 is 10.4 Å². The van der Waals surface area contributed by atoms with E-state index >= 15 is 0 Å². The molecule has 21 heavy (non-hydrogen) atoms. The van der Waals surface area contributed by atoms with Crippen LogP contribution < -0.4 is 5.32 Å². The molecule has 1 unspecified atom stereocenters. The number of carboxylic acid groups (broad SMARTS) is 1. The van der Waals surface area contributed by atoms with Gasteiger partial charge in [-0.1, -0.05) is 43.3 Å². The summed E-state index contributed by atoms with van der Waals surface area (Å²) in [6.07, 6.45) is 0. The number of hydrogen-bond acceptors (Lipinski definition) is 2. The van der Waals surface area contributed by atoms with E-state index in [0.29, 0.717) is 12.5 Å². The molecule has 0 saturated carbocycles. The molecule has 0 aliphatic rings. The first-order chi connectivity index (χ1) is 10.1. The fourth-order valence-electron chi connectivity index (χ4n) is 2.17. The lowest BCUT2D eigenvalue weighted by Crippen LogP contribution is -2.19. The molecule has 0 fully saturated rings. The second-order valence-electron chi connectivity index (χ2n) is 5.06. The summed E-state index contributed by atoms with van der Waals surface area (Å²) in [4.78, 5) is 10.7. The van der Waals surface area contributed by atoms with Gasteiger partial charge in [0, 0.05) is 13.1 Å². The van der Waals surface area contributed by atoms with Crippen molar-refractivity contribution in [3.63, 3.8) is 0 Å². The van der Waals surface area contributed by atoms with Crippen LogP contribution in [0.15, 0.2) is 48.5 Å². The fourth-order valence-corrected chi connectivity index (χ4v) is 2.17. The third kappa shape index (κ3) is 4.13. The van der Waals surface area contributed by atoms with Gasteiger partial charge in [-0.05, 0) is 29.2 Å². The van der Waals surface area contributed by atoms with Gasteiger partial charge >= 0.3 is 5.97 Å². The quantitative estimate of drug-likeness (QED) is 0.856. The normalized spacial score (nSPS) is 12.1. The molecule has 0 aliphatic carbocycles. The Labute approximate surface area is 123 Å². The summed E-state index contributed by atoms with van der Waals surface area (Å²) >= 11 is 0. The molecule has 4 heteroatoms. The summed E-state index contributed by atoms with van der Waals surface area (Å²) in [6, 6.07) is 14.3. The lowest BCUT2D eigenvalue weighted by atomic mass is 10.0. The average Bonchev–Trinajstić information content (AvgIpc) is 2.47. The maximum atomic E-state index is 13.5.